The highest BCUT2D eigenvalue weighted by atomic mass is 16.5. The number of hydrogen-bond donors (Lipinski definition) is 3. The van der Waals surface area contributed by atoms with Crippen molar-refractivity contribution in [1.82, 2.24) is 0 Å². The maximum absolute atomic E-state index is 11.1. The van der Waals surface area contributed by atoms with Crippen molar-refractivity contribution in [3.8, 4) is 11.5 Å². The monoisotopic (exact) mass is 389 g/mol. The van der Waals surface area contributed by atoms with Crippen LogP contribution in [-0.2, 0) is 11.2 Å². The van der Waals surface area contributed by atoms with Crippen LogP contribution in [0.4, 0.5) is 5.69 Å². The molecule has 9 heteroatoms. The second kappa shape index (κ2) is 7.95. The number of aliphatic imine (C=N–C) groups is 2. The molecule has 1 saturated carbocycles. The highest BCUT2D eigenvalue weighted by Gasteiger charge is 2.43. The normalized spacial score (nSPS) is 18.4. The van der Waals surface area contributed by atoms with Gasteiger partial charge in [-0.15, -0.1) is 0 Å². The standard InChI is InChI=1S/C19H27N5O4/c1-27-14-11-13(10-12(16(14)28-2)6-7-15(25)26)24-18(21)22-17(20)23-19(24)8-4-3-5-9-19/h10-11H,3-9H2,1-2H3,(H,25,26)(H4,20,21,22,23). The van der Waals surface area contributed by atoms with Gasteiger partial charge in [-0.25, -0.2) is 4.99 Å². The lowest BCUT2D eigenvalue weighted by Crippen LogP contribution is -2.58. The third-order valence-electron chi connectivity index (χ3n) is 5.26. The van der Waals surface area contributed by atoms with E-state index in [1.165, 1.54) is 7.11 Å². The van der Waals surface area contributed by atoms with E-state index in [9.17, 15) is 4.79 Å². The van der Waals surface area contributed by atoms with E-state index in [1.807, 2.05) is 17.0 Å². The molecule has 1 spiro atoms. The van der Waals surface area contributed by atoms with Crippen LogP contribution in [0.5, 0.6) is 11.5 Å². The predicted molar refractivity (Wildman–Crippen MR) is 107 cm³/mol. The number of carboxylic acid groups (broad SMARTS) is 1. The maximum atomic E-state index is 11.1. The summed E-state index contributed by atoms with van der Waals surface area (Å²) in [6.45, 7) is 0. The fourth-order valence-electron chi connectivity index (χ4n) is 4.08. The van der Waals surface area contributed by atoms with Crippen LogP contribution in [0.25, 0.3) is 0 Å². The molecule has 1 aromatic carbocycles. The van der Waals surface area contributed by atoms with Gasteiger partial charge in [-0.3, -0.25) is 9.69 Å². The third-order valence-corrected chi connectivity index (χ3v) is 5.26. The Balaban J connectivity index is 2.11. The minimum absolute atomic E-state index is 0.0250. The number of hydrogen-bond acceptors (Lipinski definition) is 8. The van der Waals surface area contributed by atoms with Gasteiger partial charge in [0.1, 0.15) is 5.66 Å². The molecular formula is C19H27N5O4. The topological polar surface area (TPSA) is 136 Å². The molecule has 152 valence electrons. The zero-order valence-electron chi connectivity index (χ0n) is 16.3. The summed E-state index contributed by atoms with van der Waals surface area (Å²) in [6.07, 6.45) is 5.05. The number of ether oxygens (including phenoxy) is 2. The molecule has 0 unspecified atom stereocenters. The highest BCUT2D eigenvalue weighted by Crippen LogP contribution is 2.43. The largest absolute Gasteiger partial charge is 0.493 e. The van der Waals surface area contributed by atoms with Crippen LogP contribution >= 0.6 is 0 Å². The van der Waals surface area contributed by atoms with Gasteiger partial charge in [-0.1, -0.05) is 6.42 Å². The van der Waals surface area contributed by atoms with E-state index in [0.717, 1.165) is 43.4 Å². The van der Waals surface area contributed by atoms with E-state index in [2.05, 4.69) is 9.98 Å². The molecule has 3 rings (SSSR count). The molecule has 0 saturated heterocycles. The van der Waals surface area contributed by atoms with E-state index in [1.54, 1.807) is 7.11 Å². The first-order chi connectivity index (χ1) is 13.4. The van der Waals surface area contributed by atoms with E-state index < -0.39 is 11.6 Å². The van der Waals surface area contributed by atoms with Gasteiger partial charge in [-0.05, 0) is 38.2 Å². The summed E-state index contributed by atoms with van der Waals surface area (Å²) in [7, 11) is 3.08. The van der Waals surface area contributed by atoms with Crippen molar-refractivity contribution in [2.45, 2.75) is 50.6 Å². The van der Waals surface area contributed by atoms with E-state index in [4.69, 9.17) is 26.0 Å². The minimum Gasteiger partial charge on any atom is -0.493 e. The Bertz CT molecular complexity index is 815. The summed E-state index contributed by atoms with van der Waals surface area (Å²) in [5, 5.41) is 9.10. The van der Waals surface area contributed by atoms with Gasteiger partial charge in [-0.2, -0.15) is 4.99 Å². The SMILES string of the molecule is COc1cc(N2C(N)=NC(N)=NC23CCCCC3)cc(CCC(=O)O)c1OC. The number of aliphatic carboxylic acids is 1. The number of anilines is 1. The van der Waals surface area contributed by atoms with Crippen LogP contribution in [0.2, 0.25) is 0 Å². The molecule has 9 nitrogen and oxygen atoms in total. The van der Waals surface area contributed by atoms with Crippen molar-refractivity contribution < 1.29 is 19.4 Å². The van der Waals surface area contributed by atoms with Gasteiger partial charge in [0.05, 0.1) is 19.9 Å². The molecule has 28 heavy (non-hydrogen) atoms. The van der Waals surface area contributed by atoms with Gasteiger partial charge in [0, 0.05) is 18.1 Å². The molecule has 0 bridgehead atoms. The Hall–Kier alpha value is -2.97. The van der Waals surface area contributed by atoms with Crippen molar-refractivity contribution in [3.63, 3.8) is 0 Å². The van der Waals surface area contributed by atoms with Gasteiger partial charge in [0.15, 0.2) is 11.5 Å². The van der Waals surface area contributed by atoms with Crippen LogP contribution in [0.1, 0.15) is 44.1 Å². The molecule has 0 amide bonds. The van der Waals surface area contributed by atoms with E-state index in [-0.39, 0.29) is 18.3 Å². The van der Waals surface area contributed by atoms with Crippen molar-refractivity contribution in [2.75, 3.05) is 19.1 Å². The van der Waals surface area contributed by atoms with Crippen molar-refractivity contribution in [2.24, 2.45) is 21.5 Å². The van der Waals surface area contributed by atoms with Crippen LogP contribution in [0.15, 0.2) is 22.1 Å². The van der Waals surface area contributed by atoms with Crippen LogP contribution in [-0.4, -0.2) is 42.9 Å². The lowest BCUT2D eigenvalue weighted by atomic mass is 9.87. The Labute approximate surface area is 164 Å². The molecule has 0 aromatic heterocycles. The lowest BCUT2D eigenvalue weighted by Gasteiger charge is -2.45. The van der Waals surface area contributed by atoms with Gasteiger partial charge < -0.3 is 26.0 Å². The van der Waals surface area contributed by atoms with Crippen LogP contribution in [0, 0.1) is 0 Å². The lowest BCUT2D eigenvalue weighted by molar-refractivity contribution is -0.136. The number of carboxylic acids is 1. The van der Waals surface area contributed by atoms with Crippen LogP contribution < -0.4 is 25.8 Å². The zero-order chi connectivity index (χ0) is 20.3. The number of nitrogens with zero attached hydrogens (tertiary/aromatic N) is 3. The Morgan fingerprint density at radius 3 is 2.54 bits per heavy atom. The molecule has 5 N–H and O–H groups in total. The quantitative estimate of drug-likeness (QED) is 0.675. The van der Waals surface area contributed by atoms with Crippen LogP contribution in [0.3, 0.4) is 0 Å². The summed E-state index contributed by atoms with van der Waals surface area (Å²) in [5.74, 6) is 0.585. The second-order valence-corrected chi connectivity index (χ2v) is 7.05. The number of carbonyl (C=O) groups is 1. The van der Waals surface area contributed by atoms with E-state index in [0.29, 0.717) is 17.9 Å². The summed E-state index contributed by atoms with van der Waals surface area (Å²) in [5.41, 5.74) is 13.1. The Morgan fingerprint density at radius 1 is 1.21 bits per heavy atom. The number of nitrogens with two attached hydrogens (primary N) is 2. The summed E-state index contributed by atoms with van der Waals surface area (Å²) < 4.78 is 11.0. The Morgan fingerprint density at radius 2 is 1.93 bits per heavy atom. The molecule has 1 heterocycles. The van der Waals surface area contributed by atoms with Crippen molar-refractivity contribution >= 4 is 23.6 Å². The summed E-state index contributed by atoms with van der Waals surface area (Å²) >= 11 is 0. The smallest absolute Gasteiger partial charge is 0.303 e. The fraction of sp³-hybridized carbons (Fsp3) is 0.526. The van der Waals surface area contributed by atoms with Crippen molar-refractivity contribution in [1.29, 1.82) is 0 Å². The number of rotatable bonds is 6. The maximum Gasteiger partial charge on any atom is 0.303 e. The molecule has 2 aliphatic rings. The predicted octanol–water partition coefficient (Wildman–Crippen LogP) is 1.83. The number of guanidine groups is 2. The molecule has 1 aliphatic heterocycles. The van der Waals surface area contributed by atoms with Crippen molar-refractivity contribution in [3.05, 3.63) is 17.7 Å². The van der Waals surface area contributed by atoms with Gasteiger partial charge in [0.2, 0.25) is 11.9 Å². The average molecular weight is 389 g/mol. The Kier molecular flexibility index (Phi) is 5.62. The molecule has 0 radical (unpaired) electrons. The first-order valence-corrected chi connectivity index (χ1v) is 9.36. The summed E-state index contributed by atoms with van der Waals surface area (Å²) in [4.78, 5) is 21.8. The first kappa shape index (κ1) is 19.8. The van der Waals surface area contributed by atoms with E-state index >= 15 is 0 Å². The molecule has 1 fully saturated rings. The summed E-state index contributed by atoms with van der Waals surface area (Å²) in [6, 6.07) is 3.69. The van der Waals surface area contributed by atoms with Gasteiger partial charge >= 0.3 is 5.97 Å². The minimum atomic E-state index is -0.883. The van der Waals surface area contributed by atoms with Gasteiger partial charge in [0.25, 0.3) is 0 Å². The second-order valence-electron chi connectivity index (χ2n) is 7.05. The molecule has 0 atom stereocenters. The molecule has 1 aliphatic carbocycles. The first-order valence-electron chi connectivity index (χ1n) is 9.36. The molecule has 1 aromatic rings. The molecular weight excluding hydrogens is 362 g/mol. The zero-order valence-corrected chi connectivity index (χ0v) is 16.3. The highest BCUT2D eigenvalue weighted by molar-refractivity contribution is 6.05. The number of benzene rings is 1. The average Bonchev–Trinajstić information content (AvgIpc) is 2.65. The number of aryl methyl sites for hydroxylation is 1. The third kappa shape index (κ3) is 3.69. The number of methoxy groups -OCH3 is 2. The fourth-order valence-corrected chi connectivity index (χ4v) is 4.08.